The molecule has 136 valence electrons. The molecule has 0 amide bonds. The lowest BCUT2D eigenvalue weighted by atomic mass is 10.1. The van der Waals surface area contributed by atoms with Crippen LogP contribution < -0.4 is 16.4 Å². The first-order chi connectivity index (χ1) is 13.0. The molecule has 6 nitrogen and oxygen atoms in total. The van der Waals surface area contributed by atoms with E-state index in [-0.39, 0.29) is 0 Å². The van der Waals surface area contributed by atoms with Gasteiger partial charge in [0.15, 0.2) is 16.8 Å². The number of thiazole rings is 1. The van der Waals surface area contributed by atoms with Crippen LogP contribution in [-0.4, -0.2) is 15.0 Å². The Morgan fingerprint density at radius 2 is 1.59 bits per heavy atom. The van der Waals surface area contributed by atoms with Gasteiger partial charge in [-0.2, -0.15) is 0 Å². The number of fused-ring (bicyclic) bond motifs is 1. The van der Waals surface area contributed by atoms with E-state index in [1.54, 1.807) is 11.3 Å². The molecule has 0 aliphatic carbocycles. The lowest BCUT2D eigenvalue weighted by molar-refractivity contribution is 1.16. The maximum atomic E-state index is 6.32. The highest BCUT2D eigenvalue weighted by molar-refractivity contribution is 7.22. The number of nitrogens with two attached hydrogens (primary N) is 1. The molecule has 0 bridgehead atoms. The second kappa shape index (κ2) is 6.85. The van der Waals surface area contributed by atoms with Crippen molar-refractivity contribution in [2.75, 3.05) is 16.4 Å². The number of anilines is 5. The minimum absolute atomic E-state index is 0.453. The van der Waals surface area contributed by atoms with E-state index in [1.807, 2.05) is 18.2 Å². The third-order valence-electron chi connectivity index (χ3n) is 4.59. The van der Waals surface area contributed by atoms with E-state index in [4.69, 9.17) is 5.73 Å². The number of benzene rings is 2. The Kier molecular flexibility index (Phi) is 4.37. The average molecular weight is 376 g/mol. The number of nitrogens with one attached hydrogen (secondary N) is 2. The molecule has 0 unspecified atom stereocenters. The van der Waals surface area contributed by atoms with Gasteiger partial charge < -0.3 is 16.4 Å². The molecule has 0 spiro atoms. The molecule has 0 saturated heterocycles. The first-order valence-corrected chi connectivity index (χ1v) is 9.41. The molecule has 27 heavy (non-hydrogen) atoms. The Morgan fingerprint density at radius 3 is 2.37 bits per heavy atom. The zero-order valence-corrected chi connectivity index (χ0v) is 16.2. The summed E-state index contributed by atoms with van der Waals surface area (Å²) in [5.74, 6) is 1.10. The van der Waals surface area contributed by atoms with Gasteiger partial charge in [0.25, 0.3) is 0 Å². The molecule has 2 heterocycles. The van der Waals surface area contributed by atoms with Crippen molar-refractivity contribution in [1.29, 1.82) is 0 Å². The van der Waals surface area contributed by atoms with Crippen LogP contribution in [0.15, 0.2) is 42.7 Å². The summed E-state index contributed by atoms with van der Waals surface area (Å²) in [4.78, 5) is 13.2. The van der Waals surface area contributed by atoms with Gasteiger partial charge in [0.05, 0.1) is 10.2 Å². The molecule has 0 atom stereocenters. The van der Waals surface area contributed by atoms with Crippen molar-refractivity contribution in [3.63, 3.8) is 0 Å². The van der Waals surface area contributed by atoms with Gasteiger partial charge >= 0.3 is 0 Å². The fraction of sp³-hybridized carbons (Fsp3) is 0.150. The van der Waals surface area contributed by atoms with Crippen LogP contribution in [0.4, 0.5) is 28.1 Å². The molecule has 0 aliphatic heterocycles. The fourth-order valence-electron chi connectivity index (χ4n) is 2.85. The summed E-state index contributed by atoms with van der Waals surface area (Å²) in [5, 5.41) is 7.29. The first-order valence-electron chi connectivity index (χ1n) is 8.60. The number of aryl methyl sites for hydroxylation is 2. The van der Waals surface area contributed by atoms with Crippen LogP contribution in [0.5, 0.6) is 0 Å². The standard InChI is InChI=1S/C20H20N6S/c1-11-6-4-8-14(13(11)3)24-18-16(21)19(23-10-22-18)26-20-25-17-12(2)7-5-9-15(17)27-20/h4-10H,21H2,1-3H3,(H2,22,23,24,25,26). The van der Waals surface area contributed by atoms with Crippen LogP contribution in [0.25, 0.3) is 10.2 Å². The van der Waals surface area contributed by atoms with Crippen molar-refractivity contribution >= 4 is 49.7 Å². The number of rotatable bonds is 4. The molecular formula is C20H20N6S. The van der Waals surface area contributed by atoms with Crippen molar-refractivity contribution in [3.05, 3.63) is 59.4 Å². The van der Waals surface area contributed by atoms with Crippen LogP contribution in [0.1, 0.15) is 16.7 Å². The average Bonchev–Trinajstić information content (AvgIpc) is 3.06. The maximum Gasteiger partial charge on any atom is 0.189 e. The predicted octanol–water partition coefficient (Wildman–Crippen LogP) is 5.08. The fourth-order valence-corrected chi connectivity index (χ4v) is 3.79. The summed E-state index contributed by atoms with van der Waals surface area (Å²) in [6.45, 7) is 6.20. The molecule has 2 aromatic carbocycles. The van der Waals surface area contributed by atoms with Gasteiger partial charge in [-0.25, -0.2) is 15.0 Å². The third-order valence-corrected chi connectivity index (χ3v) is 5.52. The number of nitrogen functional groups attached to an aromatic ring is 1. The summed E-state index contributed by atoms with van der Waals surface area (Å²) in [7, 11) is 0. The van der Waals surface area contributed by atoms with Gasteiger partial charge in [-0.05, 0) is 49.6 Å². The number of aromatic nitrogens is 3. The minimum Gasteiger partial charge on any atom is -0.393 e. The van der Waals surface area contributed by atoms with Crippen LogP contribution in [0.3, 0.4) is 0 Å². The van der Waals surface area contributed by atoms with Crippen LogP contribution >= 0.6 is 11.3 Å². The molecule has 7 heteroatoms. The molecule has 0 fully saturated rings. The van der Waals surface area contributed by atoms with E-state index in [0.29, 0.717) is 17.3 Å². The highest BCUT2D eigenvalue weighted by Crippen LogP contribution is 2.33. The lowest BCUT2D eigenvalue weighted by Crippen LogP contribution is -2.06. The second-order valence-corrected chi connectivity index (χ2v) is 7.45. The number of hydrogen-bond acceptors (Lipinski definition) is 7. The lowest BCUT2D eigenvalue weighted by Gasteiger charge is -2.14. The Labute approximate surface area is 161 Å². The normalized spacial score (nSPS) is 10.9. The van der Waals surface area contributed by atoms with Crippen LogP contribution in [0, 0.1) is 20.8 Å². The molecular weight excluding hydrogens is 356 g/mol. The van der Waals surface area contributed by atoms with Gasteiger partial charge in [-0.1, -0.05) is 35.6 Å². The molecule has 4 aromatic rings. The summed E-state index contributed by atoms with van der Waals surface area (Å²) in [6.07, 6.45) is 1.49. The largest absolute Gasteiger partial charge is 0.393 e. The summed E-state index contributed by atoms with van der Waals surface area (Å²) in [5.41, 5.74) is 12.2. The zero-order chi connectivity index (χ0) is 19.0. The van der Waals surface area contributed by atoms with E-state index < -0.39 is 0 Å². The SMILES string of the molecule is Cc1cccc(Nc2ncnc(Nc3nc4c(C)cccc4s3)c2N)c1C. The zero-order valence-electron chi connectivity index (χ0n) is 15.4. The predicted molar refractivity (Wildman–Crippen MR) is 113 cm³/mol. The molecule has 4 rings (SSSR count). The van der Waals surface area contributed by atoms with E-state index in [0.717, 1.165) is 32.2 Å². The first kappa shape index (κ1) is 17.2. The highest BCUT2D eigenvalue weighted by atomic mass is 32.1. The smallest absolute Gasteiger partial charge is 0.189 e. The van der Waals surface area contributed by atoms with Crippen LogP contribution in [-0.2, 0) is 0 Å². The summed E-state index contributed by atoms with van der Waals surface area (Å²) < 4.78 is 1.12. The Hall–Kier alpha value is -3.19. The Balaban J connectivity index is 1.65. The van der Waals surface area contributed by atoms with Crippen molar-refractivity contribution < 1.29 is 0 Å². The summed E-state index contributed by atoms with van der Waals surface area (Å²) >= 11 is 1.57. The van der Waals surface area contributed by atoms with E-state index in [2.05, 4.69) is 64.6 Å². The second-order valence-electron chi connectivity index (χ2n) is 6.42. The number of para-hydroxylation sites is 1. The van der Waals surface area contributed by atoms with Crippen molar-refractivity contribution in [1.82, 2.24) is 15.0 Å². The molecule has 0 saturated carbocycles. The molecule has 0 aliphatic rings. The van der Waals surface area contributed by atoms with Crippen molar-refractivity contribution in [3.8, 4) is 0 Å². The molecule has 0 radical (unpaired) electrons. The quantitative estimate of drug-likeness (QED) is 0.460. The highest BCUT2D eigenvalue weighted by Gasteiger charge is 2.12. The number of nitrogens with zero attached hydrogens (tertiary/aromatic N) is 3. The molecule has 2 aromatic heterocycles. The van der Waals surface area contributed by atoms with E-state index >= 15 is 0 Å². The van der Waals surface area contributed by atoms with E-state index in [9.17, 15) is 0 Å². The van der Waals surface area contributed by atoms with Crippen LogP contribution in [0.2, 0.25) is 0 Å². The maximum absolute atomic E-state index is 6.32. The van der Waals surface area contributed by atoms with Gasteiger partial charge in [-0.3, -0.25) is 0 Å². The monoisotopic (exact) mass is 376 g/mol. The van der Waals surface area contributed by atoms with E-state index in [1.165, 1.54) is 11.9 Å². The topological polar surface area (TPSA) is 88.8 Å². The number of hydrogen-bond donors (Lipinski definition) is 3. The van der Waals surface area contributed by atoms with Gasteiger partial charge in [-0.15, -0.1) is 0 Å². The minimum atomic E-state index is 0.453. The summed E-state index contributed by atoms with van der Waals surface area (Å²) in [6, 6.07) is 12.2. The van der Waals surface area contributed by atoms with Crippen molar-refractivity contribution in [2.45, 2.75) is 20.8 Å². The van der Waals surface area contributed by atoms with Gasteiger partial charge in [0, 0.05) is 5.69 Å². The Morgan fingerprint density at radius 1 is 0.889 bits per heavy atom. The Bertz CT molecular complexity index is 1130. The third kappa shape index (κ3) is 3.29. The van der Waals surface area contributed by atoms with Crippen molar-refractivity contribution in [2.24, 2.45) is 0 Å². The van der Waals surface area contributed by atoms with Gasteiger partial charge in [0.2, 0.25) is 0 Å². The van der Waals surface area contributed by atoms with Gasteiger partial charge in [0.1, 0.15) is 12.0 Å². The molecule has 4 N–H and O–H groups in total.